The van der Waals surface area contributed by atoms with Gasteiger partial charge in [0.2, 0.25) is 0 Å². The second-order valence-corrected chi connectivity index (χ2v) is 5.46. The molecule has 0 radical (unpaired) electrons. The number of alkyl halides is 1. The topological polar surface area (TPSA) is 17.1 Å². The molecule has 0 bridgehead atoms. The molecule has 0 saturated heterocycles. The predicted molar refractivity (Wildman–Crippen MR) is 71.0 cm³/mol. The molecular weight excluding hydrogens is 272 g/mol. The number of hydrogen-bond donors (Lipinski definition) is 0. The van der Waals surface area contributed by atoms with Crippen molar-refractivity contribution in [3.8, 4) is 0 Å². The Balaban J connectivity index is 2.69. The van der Waals surface area contributed by atoms with Gasteiger partial charge in [-0.1, -0.05) is 53.2 Å². The van der Waals surface area contributed by atoms with Gasteiger partial charge in [-0.15, -0.1) is 0 Å². The molecule has 0 aromatic heterocycles. The molecule has 0 heterocycles. The third-order valence-electron chi connectivity index (χ3n) is 2.24. The van der Waals surface area contributed by atoms with Crippen molar-refractivity contribution in [3.63, 3.8) is 0 Å². The summed E-state index contributed by atoms with van der Waals surface area (Å²) in [6.07, 6.45) is 2.06. The number of ketones is 1. The lowest BCUT2D eigenvalue weighted by Gasteiger charge is -2.15. The molecular formula is C12H15BrOS. The molecule has 0 aliphatic carbocycles. The number of halogens is 1. The normalized spacial score (nSPS) is 14.6. The van der Waals surface area contributed by atoms with E-state index in [0.717, 1.165) is 11.3 Å². The SMILES string of the molecule is CSCC(C)C(Br)C(=O)c1ccccc1. The summed E-state index contributed by atoms with van der Waals surface area (Å²) in [7, 11) is 0. The van der Waals surface area contributed by atoms with Gasteiger partial charge >= 0.3 is 0 Å². The van der Waals surface area contributed by atoms with Crippen LogP contribution < -0.4 is 0 Å². The third kappa shape index (κ3) is 3.65. The predicted octanol–water partition coefficient (Wildman–Crippen LogP) is 3.63. The molecule has 0 aliphatic heterocycles. The van der Waals surface area contributed by atoms with Crippen LogP contribution in [0.4, 0.5) is 0 Å². The van der Waals surface area contributed by atoms with E-state index in [9.17, 15) is 4.79 Å². The average molecular weight is 287 g/mol. The molecule has 2 atom stereocenters. The van der Waals surface area contributed by atoms with Crippen molar-refractivity contribution in [2.24, 2.45) is 5.92 Å². The highest BCUT2D eigenvalue weighted by Gasteiger charge is 2.22. The fourth-order valence-corrected chi connectivity index (χ4v) is 2.78. The summed E-state index contributed by atoms with van der Waals surface area (Å²) >= 11 is 5.25. The standard InChI is InChI=1S/C12H15BrOS/c1-9(8-15-2)11(13)12(14)10-6-4-3-5-7-10/h3-7,9,11H,8H2,1-2H3. The molecule has 0 amide bonds. The van der Waals surface area contributed by atoms with Crippen LogP contribution in [-0.2, 0) is 0 Å². The van der Waals surface area contributed by atoms with Crippen LogP contribution >= 0.6 is 27.7 Å². The molecule has 3 heteroatoms. The van der Waals surface area contributed by atoms with Crippen LogP contribution in [0.2, 0.25) is 0 Å². The Morgan fingerprint density at radius 3 is 2.53 bits per heavy atom. The number of Topliss-reactive ketones (excluding diaryl/α,β-unsaturated/α-hetero) is 1. The van der Waals surface area contributed by atoms with E-state index in [1.54, 1.807) is 11.8 Å². The molecule has 1 rings (SSSR count). The highest BCUT2D eigenvalue weighted by Crippen LogP contribution is 2.21. The molecule has 1 aromatic rings. The van der Waals surface area contributed by atoms with Crippen LogP contribution in [0.15, 0.2) is 30.3 Å². The summed E-state index contributed by atoms with van der Waals surface area (Å²) in [6.45, 7) is 2.09. The highest BCUT2D eigenvalue weighted by molar-refractivity contribution is 9.10. The molecule has 0 spiro atoms. The van der Waals surface area contributed by atoms with E-state index >= 15 is 0 Å². The van der Waals surface area contributed by atoms with Gasteiger partial charge in [0.1, 0.15) is 0 Å². The summed E-state index contributed by atoms with van der Waals surface area (Å²) in [4.78, 5) is 11.9. The quantitative estimate of drug-likeness (QED) is 0.607. The summed E-state index contributed by atoms with van der Waals surface area (Å²) in [5.41, 5.74) is 0.785. The molecule has 0 fully saturated rings. The Bertz CT molecular complexity index is 313. The summed E-state index contributed by atoms with van der Waals surface area (Å²) in [5.74, 6) is 1.53. The number of carbonyl (C=O) groups excluding carboxylic acids is 1. The summed E-state index contributed by atoms with van der Waals surface area (Å²) in [6, 6.07) is 9.44. The van der Waals surface area contributed by atoms with Gasteiger partial charge in [-0.2, -0.15) is 11.8 Å². The Morgan fingerprint density at radius 2 is 2.00 bits per heavy atom. The van der Waals surface area contributed by atoms with Gasteiger partial charge in [0.15, 0.2) is 5.78 Å². The number of hydrogen-bond acceptors (Lipinski definition) is 2. The van der Waals surface area contributed by atoms with Gasteiger partial charge in [0.05, 0.1) is 4.83 Å². The summed E-state index contributed by atoms with van der Waals surface area (Å²) in [5, 5.41) is 0. The van der Waals surface area contributed by atoms with E-state index < -0.39 is 0 Å². The van der Waals surface area contributed by atoms with Crippen molar-refractivity contribution in [3.05, 3.63) is 35.9 Å². The van der Waals surface area contributed by atoms with Gasteiger partial charge in [0.25, 0.3) is 0 Å². The lowest BCUT2D eigenvalue weighted by molar-refractivity contribution is 0.0978. The van der Waals surface area contributed by atoms with Crippen molar-refractivity contribution < 1.29 is 4.79 Å². The molecule has 15 heavy (non-hydrogen) atoms. The van der Waals surface area contributed by atoms with Crippen molar-refractivity contribution in [2.45, 2.75) is 11.8 Å². The maximum absolute atomic E-state index is 12.0. The van der Waals surface area contributed by atoms with Crippen LogP contribution in [-0.4, -0.2) is 22.6 Å². The largest absolute Gasteiger partial charge is 0.293 e. The zero-order valence-electron chi connectivity index (χ0n) is 8.94. The minimum atomic E-state index is -0.0765. The van der Waals surface area contributed by atoms with Gasteiger partial charge in [0, 0.05) is 5.56 Å². The fraction of sp³-hybridized carbons (Fsp3) is 0.417. The summed E-state index contributed by atoms with van der Waals surface area (Å²) < 4.78 is 0. The van der Waals surface area contributed by atoms with Gasteiger partial charge in [-0.25, -0.2) is 0 Å². The number of carbonyl (C=O) groups is 1. The van der Waals surface area contributed by atoms with E-state index in [2.05, 4.69) is 29.1 Å². The second kappa shape index (κ2) is 6.33. The van der Waals surface area contributed by atoms with Crippen LogP contribution in [0, 0.1) is 5.92 Å². The van der Waals surface area contributed by atoms with E-state index in [1.807, 2.05) is 30.3 Å². The average Bonchev–Trinajstić information content (AvgIpc) is 2.28. The molecule has 0 aliphatic rings. The van der Waals surface area contributed by atoms with Crippen LogP contribution in [0.25, 0.3) is 0 Å². The number of rotatable bonds is 5. The maximum Gasteiger partial charge on any atom is 0.176 e. The Hall–Kier alpha value is -0.280. The molecule has 1 nitrogen and oxygen atoms in total. The molecule has 0 N–H and O–H groups in total. The monoisotopic (exact) mass is 286 g/mol. The van der Waals surface area contributed by atoms with Crippen molar-refractivity contribution in [2.75, 3.05) is 12.0 Å². The van der Waals surface area contributed by atoms with Crippen molar-refractivity contribution in [1.82, 2.24) is 0 Å². The Morgan fingerprint density at radius 1 is 1.40 bits per heavy atom. The lowest BCUT2D eigenvalue weighted by atomic mass is 10.0. The Kier molecular flexibility index (Phi) is 5.40. The molecule has 0 saturated carbocycles. The minimum absolute atomic E-state index is 0.0765. The fourth-order valence-electron chi connectivity index (χ4n) is 1.37. The molecule has 2 unspecified atom stereocenters. The van der Waals surface area contributed by atoms with E-state index in [1.165, 1.54) is 0 Å². The third-order valence-corrected chi connectivity index (χ3v) is 4.42. The van der Waals surface area contributed by atoms with E-state index in [-0.39, 0.29) is 10.6 Å². The van der Waals surface area contributed by atoms with Gasteiger partial charge in [-0.05, 0) is 17.9 Å². The number of thioether (sulfide) groups is 1. The maximum atomic E-state index is 12.0. The van der Waals surface area contributed by atoms with Crippen LogP contribution in [0.5, 0.6) is 0 Å². The van der Waals surface area contributed by atoms with Crippen LogP contribution in [0.1, 0.15) is 17.3 Å². The van der Waals surface area contributed by atoms with E-state index in [4.69, 9.17) is 0 Å². The van der Waals surface area contributed by atoms with Crippen molar-refractivity contribution in [1.29, 1.82) is 0 Å². The first-order valence-corrected chi connectivity index (χ1v) is 7.20. The first kappa shape index (κ1) is 12.8. The first-order valence-electron chi connectivity index (χ1n) is 4.89. The van der Waals surface area contributed by atoms with Gasteiger partial charge in [-0.3, -0.25) is 4.79 Å². The lowest BCUT2D eigenvalue weighted by Crippen LogP contribution is -2.23. The zero-order valence-corrected chi connectivity index (χ0v) is 11.3. The highest BCUT2D eigenvalue weighted by atomic mass is 79.9. The Labute approximate surface area is 104 Å². The van der Waals surface area contributed by atoms with Crippen LogP contribution in [0.3, 0.4) is 0 Å². The molecule has 1 aromatic carbocycles. The second-order valence-electron chi connectivity index (χ2n) is 3.56. The minimum Gasteiger partial charge on any atom is -0.293 e. The zero-order chi connectivity index (χ0) is 11.3. The first-order chi connectivity index (χ1) is 7.16. The van der Waals surface area contributed by atoms with Gasteiger partial charge < -0.3 is 0 Å². The van der Waals surface area contributed by atoms with Crippen molar-refractivity contribution >= 4 is 33.5 Å². The number of benzene rings is 1. The van der Waals surface area contributed by atoms with E-state index in [0.29, 0.717) is 5.92 Å². The smallest absolute Gasteiger partial charge is 0.176 e. The molecule has 82 valence electrons.